The van der Waals surface area contributed by atoms with Crippen LogP contribution >= 0.6 is 0 Å². The van der Waals surface area contributed by atoms with E-state index in [1.165, 1.54) is 28.6 Å². The number of carbonyl (C=O) groups is 2. The third kappa shape index (κ3) is 6.05. The van der Waals surface area contributed by atoms with Crippen molar-refractivity contribution in [3.63, 3.8) is 0 Å². The minimum atomic E-state index is -3.77. The Hall–Kier alpha value is -2.87. The average Bonchev–Trinajstić information content (AvgIpc) is 2.73. The second-order valence-electron chi connectivity index (χ2n) is 6.31. The van der Waals surface area contributed by atoms with Crippen molar-refractivity contribution < 1.29 is 22.7 Å². The fourth-order valence-corrected chi connectivity index (χ4v) is 4.12. The lowest BCUT2D eigenvalue weighted by Gasteiger charge is -2.22. The highest BCUT2D eigenvalue weighted by Gasteiger charge is 2.23. The molecule has 29 heavy (non-hydrogen) atoms. The third-order valence-electron chi connectivity index (χ3n) is 4.20. The first-order valence-electron chi connectivity index (χ1n) is 9.51. The number of hydrogen-bond acceptors (Lipinski definition) is 5. The number of nitrogens with one attached hydrogen (secondary N) is 1. The van der Waals surface area contributed by atoms with Gasteiger partial charge in [-0.3, -0.25) is 9.10 Å². The molecule has 0 spiro atoms. The second-order valence-corrected chi connectivity index (χ2v) is 8.17. The van der Waals surface area contributed by atoms with Crippen LogP contribution in [0.25, 0.3) is 0 Å². The molecule has 2 rings (SSSR count). The Morgan fingerprint density at radius 2 is 1.66 bits per heavy atom. The molecule has 0 aromatic heterocycles. The van der Waals surface area contributed by atoms with Crippen molar-refractivity contribution in [2.75, 3.05) is 24.0 Å². The molecule has 0 bridgehead atoms. The number of para-hydroxylation sites is 1. The fourth-order valence-electron chi connectivity index (χ4n) is 2.65. The van der Waals surface area contributed by atoms with Crippen LogP contribution in [0.4, 0.5) is 5.69 Å². The molecule has 0 heterocycles. The van der Waals surface area contributed by atoms with E-state index in [9.17, 15) is 18.0 Å². The highest BCUT2D eigenvalue weighted by Crippen LogP contribution is 2.23. The number of benzene rings is 2. The Labute approximate surface area is 171 Å². The van der Waals surface area contributed by atoms with Gasteiger partial charge in [0.15, 0.2) is 6.61 Å². The van der Waals surface area contributed by atoms with Crippen LogP contribution in [-0.2, 0) is 19.6 Å². The predicted molar refractivity (Wildman–Crippen MR) is 111 cm³/mol. The lowest BCUT2D eigenvalue weighted by atomic mass is 10.2. The first-order valence-corrected chi connectivity index (χ1v) is 11.0. The summed E-state index contributed by atoms with van der Waals surface area (Å²) in [6.45, 7) is 4.19. The standard InChI is InChI=1S/C21H26N2O5S/c1-3-5-15-22-20(24)16-28-21(25)17-11-13-19(14-12-17)29(26,27)23(4-2)18-9-7-6-8-10-18/h6-14H,3-5,15-16H2,1-2H3,(H,22,24). The van der Waals surface area contributed by atoms with Gasteiger partial charge in [0.2, 0.25) is 0 Å². The molecule has 7 nitrogen and oxygen atoms in total. The molecule has 0 saturated carbocycles. The fraction of sp³-hybridized carbons (Fsp3) is 0.333. The summed E-state index contributed by atoms with van der Waals surface area (Å²) in [4.78, 5) is 23.8. The van der Waals surface area contributed by atoms with Gasteiger partial charge < -0.3 is 10.1 Å². The minimum Gasteiger partial charge on any atom is -0.452 e. The average molecular weight is 419 g/mol. The van der Waals surface area contributed by atoms with E-state index in [1.807, 2.05) is 13.0 Å². The van der Waals surface area contributed by atoms with E-state index in [0.717, 1.165) is 12.8 Å². The summed E-state index contributed by atoms with van der Waals surface area (Å²) in [6.07, 6.45) is 1.81. The molecule has 1 N–H and O–H groups in total. The Balaban J connectivity index is 2.05. The highest BCUT2D eigenvalue weighted by atomic mass is 32.2. The zero-order valence-corrected chi connectivity index (χ0v) is 17.4. The second kappa shape index (κ2) is 10.6. The Kier molecular flexibility index (Phi) is 8.21. The van der Waals surface area contributed by atoms with Gasteiger partial charge in [-0.2, -0.15) is 0 Å². The van der Waals surface area contributed by atoms with Gasteiger partial charge in [0.25, 0.3) is 15.9 Å². The molecule has 1 amide bonds. The van der Waals surface area contributed by atoms with E-state index in [1.54, 1.807) is 31.2 Å². The molecule has 0 aliphatic heterocycles. The van der Waals surface area contributed by atoms with Gasteiger partial charge >= 0.3 is 5.97 Å². The molecule has 2 aromatic rings. The number of carbonyl (C=O) groups excluding carboxylic acids is 2. The number of ether oxygens (including phenoxy) is 1. The zero-order chi connectivity index (χ0) is 21.3. The lowest BCUT2D eigenvalue weighted by molar-refractivity contribution is -0.124. The van der Waals surface area contributed by atoms with Gasteiger partial charge in [0.05, 0.1) is 16.1 Å². The summed E-state index contributed by atoms with van der Waals surface area (Å²) >= 11 is 0. The van der Waals surface area contributed by atoms with E-state index in [-0.39, 0.29) is 29.5 Å². The van der Waals surface area contributed by atoms with Gasteiger partial charge in [0.1, 0.15) is 0 Å². The summed E-state index contributed by atoms with van der Waals surface area (Å²) < 4.78 is 32.1. The van der Waals surface area contributed by atoms with Crippen LogP contribution < -0.4 is 9.62 Å². The summed E-state index contributed by atoms with van der Waals surface area (Å²) in [5, 5.41) is 2.65. The molecular weight excluding hydrogens is 392 g/mol. The lowest BCUT2D eigenvalue weighted by Crippen LogP contribution is -2.30. The van der Waals surface area contributed by atoms with Crippen LogP contribution in [0.2, 0.25) is 0 Å². The number of amides is 1. The van der Waals surface area contributed by atoms with E-state index < -0.39 is 16.0 Å². The van der Waals surface area contributed by atoms with Crippen LogP contribution in [0.3, 0.4) is 0 Å². The zero-order valence-electron chi connectivity index (χ0n) is 16.6. The molecule has 0 atom stereocenters. The molecule has 0 aliphatic rings. The van der Waals surface area contributed by atoms with Crippen molar-refractivity contribution in [2.24, 2.45) is 0 Å². The topological polar surface area (TPSA) is 92.8 Å². The first kappa shape index (κ1) is 22.4. The van der Waals surface area contributed by atoms with Crippen LogP contribution in [0, 0.1) is 0 Å². The monoisotopic (exact) mass is 418 g/mol. The number of esters is 1. The van der Waals surface area contributed by atoms with E-state index in [2.05, 4.69) is 5.32 Å². The summed E-state index contributed by atoms with van der Waals surface area (Å²) in [6, 6.07) is 14.3. The van der Waals surface area contributed by atoms with Crippen LogP contribution in [-0.4, -0.2) is 40.0 Å². The van der Waals surface area contributed by atoms with Crippen LogP contribution in [0.1, 0.15) is 37.0 Å². The smallest absolute Gasteiger partial charge is 0.338 e. The quantitative estimate of drug-likeness (QED) is 0.473. The van der Waals surface area contributed by atoms with Crippen LogP contribution in [0.5, 0.6) is 0 Å². The molecule has 156 valence electrons. The molecule has 2 aromatic carbocycles. The number of anilines is 1. The molecule has 0 saturated heterocycles. The number of rotatable bonds is 10. The maximum absolute atomic E-state index is 12.9. The van der Waals surface area contributed by atoms with Gasteiger partial charge in [-0.1, -0.05) is 31.5 Å². The van der Waals surface area contributed by atoms with Gasteiger partial charge in [0, 0.05) is 13.1 Å². The molecule has 0 aliphatic carbocycles. The van der Waals surface area contributed by atoms with Gasteiger partial charge in [-0.15, -0.1) is 0 Å². The van der Waals surface area contributed by atoms with E-state index >= 15 is 0 Å². The summed E-state index contributed by atoms with van der Waals surface area (Å²) in [7, 11) is -3.77. The van der Waals surface area contributed by atoms with E-state index in [0.29, 0.717) is 12.2 Å². The number of unbranched alkanes of at least 4 members (excludes halogenated alkanes) is 1. The van der Waals surface area contributed by atoms with E-state index in [4.69, 9.17) is 4.74 Å². The molecule has 0 fully saturated rings. The number of sulfonamides is 1. The first-order chi connectivity index (χ1) is 13.9. The molecule has 0 unspecified atom stereocenters. The predicted octanol–water partition coefficient (Wildman–Crippen LogP) is 2.97. The normalized spacial score (nSPS) is 11.0. The Morgan fingerprint density at radius 1 is 1.00 bits per heavy atom. The number of hydrogen-bond donors (Lipinski definition) is 1. The third-order valence-corrected chi connectivity index (χ3v) is 6.11. The maximum atomic E-state index is 12.9. The highest BCUT2D eigenvalue weighted by molar-refractivity contribution is 7.92. The van der Waals surface area contributed by atoms with Crippen molar-refractivity contribution in [3.8, 4) is 0 Å². The maximum Gasteiger partial charge on any atom is 0.338 e. The Morgan fingerprint density at radius 3 is 2.24 bits per heavy atom. The van der Waals surface area contributed by atoms with Crippen LogP contribution in [0.15, 0.2) is 59.5 Å². The largest absolute Gasteiger partial charge is 0.452 e. The minimum absolute atomic E-state index is 0.0667. The number of nitrogens with zero attached hydrogens (tertiary/aromatic N) is 1. The molecule has 8 heteroatoms. The molecular formula is C21H26N2O5S. The van der Waals surface area contributed by atoms with Gasteiger partial charge in [-0.25, -0.2) is 13.2 Å². The van der Waals surface area contributed by atoms with Crippen molar-refractivity contribution in [3.05, 3.63) is 60.2 Å². The van der Waals surface area contributed by atoms with Crippen molar-refractivity contribution >= 4 is 27.6 Å². The van der Waals surface area contributed by atoms with Crippen molar-refractivity contribution in [1.82, 2.24) is 5.32 Å². The van der Waals surface area contributed by atoms with Crippen molar-refractivity contribution in [2.45, 2.75) is 31.6 Å². The van der Waals surface area contributed by atoms with Crippen molar-refractivity contribution in [1.29, 1.82) is 0 Å². The summed E-state index contributed by atoms with van der Waals surface area (Å²) in [5.74, 6) is -1.05. The molecule has 0 radical (unpaired) electrons. The summed E-state index contributed by atoms with van der Waals surface area (Å²) in [5.41, 5.74) is 0.737. The van der Waals surface area contributed by atoms with Gasteiger partial charge in [-0.05, 0) is 49.7 Å². The SMILES string of the molecule is CCCCNC(=O)COC(=O)c1ccc(S(=O)(=O)N(CC)c2ccccc2)cc1. The Bertz CT molecular complexity index is 912.